The minimum atomic E-state index is -3.26. The predicted octanol–water partition coefficient (Wildman–Crippen LogP) is 12.3. The average Bonchev–Trinajstić information content (AvgIpc) is 3.81. The third-order valence-electron chi connectivity index (χ3n) is 15.4. The van der Waals surface area contributed by atoms with Gasteiger partial charge in [0.15, 0.2) is 6.49 Å². The van der Waals surface area contributed by atoms with Crippen molar-refractivity contribution in [3.05, 3.63) is 0 Å². The molecule has 6 unspecified atom stereocenters. The molecule has 18 atom stereocenters. The maximum absolute atomic E-state index is 13.8. The molecular formula is C52H98B4O8P2S2. The highest BCUT2D eigenvalue weighted by molar-refractivity contribution is 8.46. The zero-order chi connectivity index (χ0) is 53.3. The highest BCUT2D eigenvalue weighted by Gasteiger charge is 2.57. The van der Waals surface area contributed by atoms with Crippen molar-refractivity contribution in [2.24, 2.45) is 90.7 Å². The fourth-order valence-electron chi connectivity index (χ4n) is 13.1. The lowest BCUT2D eigenvalue weighted by Crippen LogP contribution is -2.41. The second kappa shape index (κ2) is 21.7. The summed E-state index contributed by atoms with van der Waals surface area (Å²) in [6.07, 6.45) is 0.0102. The minimum Gasteiger partial charge on any atom is -0.384 e. The van der Waals surface area contributed by atoms with Crippen molar-refractivity contribution in [3.8, 4) is 0 Å². The Morgan fingerprint density at radius 1 is 0.441 bits per heavy atom. The zero-order valence-electron chi connectivity index (χ0n) is 47.4. The van der Waals surface area contributed by atoms with E-state index >= 15 is 0 Å². The molecule has 0 aromatic heterocycles. The summed E-state index contributed by atoms with van der Waals surface area (Å²) >= 11 is 10.3. The van der Waals surface area contributed by atoms with Crippen LogP contribution in [0, 0.1) is 90.7 Å². The van der Waals surface area contributed by atoms with E-state index in [9.17, 15) is 9.46 Å². The van der Waals surface area contributed by atoms with E-state index in [1.807, 2.05) is 0 Å². The van der Waals surface area contributed by atoms with E-state index in [-0.39, 0.29) is 140 Å². The van der Waals surface area contributed by atoms with Gasteiger partial charge in [-0.3, -0.25) is 4.57 Å². The molecule has 8 radical (unpaired) electrons. The summed E-state index contributed by atoms with van der Waals surface area (Å²) in [5, 5.41) is 0. The first kappa shape index (κ1) is 63.5. The monoisotopic (exact) mass is 1020 g/mol. The van der Waals surface area contributed by atoms with E-state index in [0.717, 1.165) is 0 Å². The number of rotatable bonds is 10. The molecule has 0 aromatic carbocycles. The van der Waals surface area contributed by atoms with Crippen LogP contribution in [0.3, 0.4) is 0 Å². The fraction of sp³-hybridized carbons (Fsp3) is 1.00. The van der Waals surface area contributed by atoms with Gasteiger partial charge in [-0.2, -0.15) is 0 Å². The zero-order valence-corrected chi connectivity index (χ0v) is 50.9. The lowest BCUT2D eigenvalue weighted by atomic mass is 9.59. The second-order valence-electron chi connectivity index (χ2n) is 30.0. The highest BCUT2D eigenvalue weighted by Crippen LogP contribution is 2.61. The van der Waals surface area contributed by atoms with E-state index in [1.54, 1.807) is 0 Å². The Bertz CT molecular complexity index is 1630. The summed E-state index contributed by atoms with van der Waals surface area (Å²) in [6.45, 7) is 46.5. The lowest BCUT2D eigenvalue weighted by Gasteiger charge is -2.42. The van der Waals surface area contributed by atoms with Gasteiger partial charge in [0.05, 0.1) is 37.6 Å². The summed E-state index contributed by atoms with van der Waals surface area (Å²) in [5.74, 6) is 0.799. The summed E-state index contributed by atoms with van der Waals surface area (Å²) in [5.41, 5.74) is -0.559. The number of hydrogen-bond donors (Lipinski definition) is 2. The van der Waals surface area contributed by atoms with Crippen LogP contribution in [-0.4, -0.2) is 110 Å². The Kier molecular flexibility index (Phi) is 20.2. The molecule has 0 bridgehead atoms. The number of hydrogen-bond acceptors (Lipinski definition) is 8. The van der Waals surface area contributed by atoms with Gasteiger partial charge < -0.3 is 32.9 Å². The van der Waals surface area contributed by atoms with Gasteiger partial charge in [-0.15, -0.1) is 0 Å². The molecule has 4 fully saturated rings. The minimum absolute atomic E-state index is 0.0112. The number of thiol groups is 1. The summed E-state index contributed by atoms with van der Waals surface area (Å²) in [4.78, 5) is 11.4. The molecule has 0 aliphatic carbocycles. The molecule has 1 N–H and O–H groups in total. The van der Waals surface area contributed by atoms with Crippen molar-refractivity contribution in [1.29, 1.82) is 0 Å². The van der Waals surface area contributed by atoms with Crippen molar-refractivity contribution < 1.29 is 37.5 Å². The Hall–Kier alpha value is 1.21. The van der Waals surface area contributed by atoms with Crippen LogP contribution >= 0.6 is 25.3 Å². The predicted molar refractivity (Wildman–Crippen MR) is 296 cm³/mol. The summed E-state index contributed by atoms with van der Waals surface area (Å²) in [7, 11) is 25.9. The molecule has 4 rings (SSSR count). The van der Waals surface area contributed by atoms with E-state index in [4.69, 9.17) is 71.2 Å². The van der Waals surface area contributed by atoms with Gasteiger partial charge in [-0.05, 0) is 96.6 Å². The van der Waals surface area contributed by atoms with Gasteiger partial charge in [0.2, 0.25) is 0 Å². The van der Waals surface area contributed by atoms with Gasteiger partial charge in [-0.25, -0.2) is 0 Å². The molecule has 16 heteroatoms. The molecule has 68 heavy (non-hydrogen) atoms. The standard InChI is InChI=1S/2C26H49B2O4PS/c2*1-23(2,3)17-15(20(26(10,11)12)32-21(17)27)14-33(29,34)30-13-16-18(24(4,5)6)19(22(28)31-16)25(7,8)9/h2*15-22H,13-14H2,1-12H3,(H,29,34)/t2*15?,16-,17+,18?,19+,20+,21-,22-,33?/m11/s1. The van der Waals surface area contributed by atoms with Crippen molar-refractivity contribution in [2.45, 2.75) is 215 Å². The Morgan fingerprint density at radius 3 is 0.985 bits per heavy atom. The summed E-state index contributed by atoms with van der Waals surface area (Å²) in [6, 6.07) is -1.55. The normalized spacial score (nSPS) is 37.7. The lowest BCUT2D eigenvalue weighted by molar-refractivity contribution is -0.00440. The number of ether oxygens (including phenoxy) is 4. The van der Waals surface area contributed by atoms with Crippen LogP contribution in [0.25, 0.3) is 0 Å². The van der Waals surface area contributed by atoms with E-state index in [2.05, 4.69) is 178 Å². The maximum atomic E-state index is 13.8. The van der Waals surface area contributed by atoms with Gasteiger partial charge in [-0.1, -0.05) is 178 Å². The van der Waals surface area contributed by atoms with Crippen LogP contribution in [0.15, 0.2) is 0 Å². The van der Waals surface area contributed by atoms with Crippen molar-refractivity contribution in [1.82, 2.24) is 0 Å². The topological polar surface area (TPSA) is 92.7 Å². The molecular weight excluding hydrogens is 922 g/mol. The first-order valence-corrected chi connectivity index (χ1v) is 31.3. The van der Waals surface area contributed by atoms with Crippen LogP contribution < -0.4 is 0 Å². The van der Waals surface area contributed by atoms with Crippen LogP contribution in [0.5, 0.6) is 0 Å². The summed E-state index contributed by atoms with van der Waals surface area (Å²) < 4.78 is 51.0. The molecule has 4 aliphatic heterocycles. The fourth-order valence-corrected chi connectivity index (χ4v) is 17.5. The Morgan fingerprint density at radius 2 is 0.706 bits per heavy atom. The first-order chi connectivity index (χ1) is 29.9. The van der Waals surface area contributed by atoms with Gasteiger partial charge >= 0.3 is 0 Å². The molecule has 0 aromatic rings. The maximum Gasteiger partial charge on any atom is 0.255 e. The van der Waals surface area contributed by atoms with E-state index < -0.39 is 25.1 Å². The Labute approximate surface area is 434 Å². The van der Waals surface area contributed by atoms with Crippen LogP contribution in [0.2, 0.25) is 0 Å². The highest BCUT2D eigenvalue weighted by atomic mass is 32.7. The van der Waals surface area contributed by atoms with E-state index in [0.29, 0.717) is 12.3 Å². The molecule has 4 aliphatic rings. The molecule has 388 valence electrons. The molecule has 0 amide bonds. The van der Waals surface area contributed by atoms with E-state index in [1.165, 1.54) is 0 Å². The molecule has 8 nitrogen and oxygen atoms in total. The van der Waals surface area contributed by atoms with Crippen molar-refractivity contribution >= 4 is 68.5 Å². The first-order valence-electron chi connectivity index (χ1n) is 25.5. The second-order valence-corrected chi connectivity index (χ2v) is 37.3. The van der Waals surface area contributed by atoms with Crippen LogP contribution in [-0.2, 0) is 44.4 Å². The van der Waals surface area contributed by atoms with Gasteiger partial charge in [0.1, 0.15) is 31.4 Å². The SMILES string of the molecule is [B][C@@H]1O[C@H](C(C)(C)C)C(CP(=O)(S)OC[C@H]2O[C@@H]([B])[C@@H](C(C)(C)C)C2C(C)(C)C)[C@@H]1C(C)(C)C.[B][C@@H]1O[C@H](C(C)(C)C)C(CP(O)(=S)OC[C@H]2O[C@@H]([B])[C@@H](C(C)(C)C)C2C(C)(C)C)[C@@H]1C(C)(C)C. The average molecular weight is 1020 g/mol. The van der Waals surface area contributed by atoms with Gasteiger partial charge in [0, 0.05) is 42.3 Å². The van der Waals surface area contributed by atoms with Gasteiger partial charge in [0.25, 0.3) is 6.57 Å². The van der Waals surface area contributed by atoms with Crippen LogP contribution in [0.4, 0.5) is 0 Å². The molecule has 4 saturated heterocycles. The van der Waals surface area contributed by atoms with Crippen molar-refractivity contribution in [3.63, 3.8) is 0 Å². The molecule has 0 saturated carbocycles. The molecule has 0 spiro atoms. The van der Waals surface area contributed by atoms with Crippen LogP contribution in [0.1, 0.15) is 166 Å². The molecule has 4 heterocycles. The smallest absolute Gasteiger partial charge is 0.255 e. The largest absolute Gasteiger partial charge is 0.384 e. The quantitative estimate of drug-likeness (QED) is 0.126. The Balaban J connectivity index is 0.000000360. The van der Waals surface area contributed by atoms with Crippen molar-refractivity contribution in [2.75, 3.05) is 25.5 Å². The third kappa shape index (κ3) is 16.1. The third-order valence-corrected chi connectivity index (χ3v) is 19.9.